The number of hydrogen-bond acceptors (Lipinski definition) is 4. The quantitative estimate of drug-likeness (QED) is 0.813. The Balaban J connectivity index is 1.83. The first-order valence-corrected chi connectivity index (χ1v) is 7.97. The van der Waals surface area contributed by atoms with Crippen molar-refractivity contribution in [3.05, 3.63) is 41.5 Å². The number of benzene rings is 1. The number of ether oxygens (including phenoxy) is 2. The Morgan fingerprint density at radius 1 is 1.17 bits per heavy atom. The third-order valence-electron chi connectivity index (χ3n) is 4.17. The lowest BCUT2D eigenvalue weighted by Gasteiger charge is -2.16. The van der Waals surface area contributed by atoms with Gasteiger partial charge in [0.2, 0.25) is 0 Å². The first kappa shape index (κ1) is 17.3. The second-order valence-electron chi connectivity index (χ2n) is 5.86. The van der Waals surface area contributed by atoms with Gasteiger partial charge in [0.15, 0.2) is 11.5 Å². The largest absolute Gasteiger partial charge is 0.493 e. The van der Waals surface area contributed by atoms with Crippen molar-refractivity contribution in [3.63, 3.8) is 0 Å². The van der Waals surface area contributed by atoms with Gasteiger partial charge in [-0.25, -0.2) is 4.98 Å². The Kier molecular flexibility index (Phi) is 6.04. The van der Waals surface area contributed by atoms with E-state index >= 15 is 0 Å². The molecule has 5 nitrogen and oxygen atoms in total. The fourth-order valence-corrected chi connectivity index (χ4v) is 2.59. The van der Waals surface area contributed by atoms with Crippen molar-refractivity contribution in [2.75, 3.05) is 20.8 Å². The van der Waals surface area contributed by atoms with Gasteiger partial charge in [-0.05, 0) is 51.4 Å². The molecule has 2 rings (SSSR count). The molecule has 0 radical (unpaired) electrons. The predicted octanol–water partition coefficient (Wildman–Crippen LogP) is 2.74. The van der Waals surface area contributed by atoms with Gasteiger partial charge in [-0.3, -0.25) is 0 Å². The minimum absolute atomic E-state index is 0.391. The Hall–Kier alpha value is -2.01. The number of nitrogens with zero attached hydrogens (tertiary/aromatic N) is 2. The second-order valence-corrected chi connectivity index (χ2v) is 5.86. The first-order chi connectivity index (χ1) is 11.0. The van der Waals surface area contributed by atoms with Gasteiger partial charge >= 0.3 is 0 Å². The molecule has 1 aromatic carbocycles. The fraction of sp³-hybridized carbons (Fsp3) is 0.500. The van der Waals surface area contributed by atoms with Gasteiger partial charge in [0.25, 0.3) is 0 Å². The van der Waals surface area contributed by atoms with Crippen LogP contribution in [0.15, 0.2) is 24.5 Å². The molecule has 1 N–H and O–H groups in total. The summed E-state index contributed by atoms with van der Waals surface area (Å²) in [6.45, 7) is 8.20. The van der Waals surface area contributed by atoms with E-state index < -0.39 is 0 Å². The Labute approximate surface area is 138 Å². The number of aryl methyl sites for hydroxylation is 1. The molecule has 0 amide bonds. The number of hydrogen-bond donors (Lipinski definition) is 1. The SMILES string of the molecule is COc1ccc(CCNC(C)Cn2cnc(C)c2C)cc1OC. The van der Waals surface area contributed by atoms with Crippen LogP contribution >= 0.6 is 0 Å². The van der Waals surface area contributed by atoms with Crippen molar-refractivity contribution in [1.29, 1.82) is 0 Å². The van der Waals surface area contributed by atoms with E-state index in [2.05, 4.69) is 34.8 Å². The average Bonchev–Trinajstić information content (AvgIpc) is 2.86. The molecule has 0 aliphatic heterocycles. The van der Waals surface area contributed by atoms with Crippen molar-refractivity contribution in [1.82, 2.24) is 14.9 Å². The van der Waals surface area contributed by atoms with Crippen LogP contribution in [0.4, 0.5) is 0 Å². The molecule has 23 heavy (non-hydrogen) atoms. The van der Waals surface area contributed by atoms with Gasteiger partial charge in [0, 0.05) is 18.3 Å². The van der Waals surface area contributed by atoms with E-state index in [4.69, 9.17) is 9.47 Å². The molecular formula is C18H27N3O2. The van der Waals surface area contributed by atoms with Crippen LogP contribution in [0.3, 0.4) is 0 Å². The van der Waals surface area contributed by atoms with Crippen molar-refractivity contribution in [2.24, 2.45) is 0 Å². The van der Waals surface area contributed by atoms with E-state index in [9.17, 15) is 0 Å². The predicted molar refractivity (Wildman–Crippen MR) is 92.4 cm³/mol. The number of imidazole rings is 1. The van der Waals surface area contributed by atoms with Gasteiger partial charge in [-0.2, -0.15) is 0 Å². The second kappa shape index (κ2) is 8.02. The lowest BCUT2D eigenvalue weighted by molar-refractivity contribution is 0.354. The van der Waals surface area contributed by atoms with Crippen LogP contribution in [0.2, 0.25) is 0 Å². The van der Waals surface area contributed by atoms with E-state index in [1.54, 1.807) is 14.2 Å². The van der Waals surface area contributed by atoms with Crippen LogP contribution in [0, 0.1) is 13.8 Å². The highest BCUT2D eigenvalue weighted by molar-refractivity contribution is 5.42. The molecule has 0 saturated heterocycles. The van der Waals surface area contributed by atoms with E-state index in [-0.39, 0.29) is 0 Å². The van der Waals surface area contributed by atoms with Crippen molar-refractivity contribution in [3.8, 4) is 11.5 Å². The number of methoxy groups -OCH3 is 2. The third kappa shape index (κ3) is 4.48. The highest BCUT2D eigenvalue weighted by atomic mass is 16.5. The van der Waals surface area contributed by atoms with E-state index in [1.165, 1.54) is 11.3 Å². The number of rotatable bonds is 8. The summed E-state index contributed by atoms with van der Waals surface area (Å²) in [5.74, 6) is 1.55. The molecule has 2 aromatic rings. The average molecular weight is 317 g/mol. The molecule has 0 bridgehead atoms. The minimum Gasteiger partial charge on any atom is -0.493 e. The zero-order valence-corrected chi connectivity index (χ0v) is 14.7. The standard InChI is InChI=1S/C18H27N3O2/c1-13(11-21-12-20-14(2)15(21)3)19-9-8-16-6-7-17(22-4)18(10-16)23-5/h6-7,10,12-13,19H,8-9,11H2,1-5H3. The first-order valence-electron chi connectivity index (χ1n) is 7.97. The van der Waals surface area contributed by atoms with Crippen LogP contribution in [-0.4, -0.2) is 36.4 Å². The van der Waals surface area contributed by atoms with Crippen LogP contribution in [0.5, 0.6) is 11.5 Å². The third-order valence-corrected chi connectivity index (χ3v) is 4.17. The van der Waals surface area contributed by atoms with Crippen LogP contribution < -0.4 is 14.8 Å². The van der Waals surface area contributed by atoms with E-state index in [0.29, 0.717) is 6.04 Å². The van der Waals surface area contributed by atoms with Crippen molar-refractivity contribution < 1.29 is 9.47 Å². The zero-order valence-electron chi connectivity index (χ0n) is 14.7. The van der Waals surface area contributed by atoms with Crippen LogP contribution in [0.1, 0.15) is 23.9 Å². The molecule has 1 atom stereocenters. The maximum absolute atomic E-state index is 5.34. The molecule has 0 aliphatic rings. The summed E-state index contributed by atoms with van der Waals surface area (Å²) in [7, 11) is 3.32. The molecule has 0 aliphatic carbocycles. The van der Waals surface area contributed by atoms with Crippen molar-refractivity contribution >= 4 is 0 Å². The molecule has 126 valence electrons. The Morgan fingerprint density at radius 2 is 1.91 bits per heavy atom. The topological polar surface area (TPSA) is 48.3 Å². The number of nitrogens with one attached hydrogen (secondary N) is 1. The maximum atomic E-state index is 5.34. The highest BCUT2D eigenvalue weighted by Crippen LogP contribution is 2.27. The molecule has 5 heteroatoms. The fourth-order valence-electron chi connectivity index (χ4n) is 2.59. The lowest BCUT2D eigenvalue weighted by atomic mass is 10.1. The molecule has 1 unspecified atom stereocenters. The number of aromatic nitrogens is 2. The molecule has 1 aromatic heterocycles. The van der Waals surface area contributed by atoms with E-state index in [0.717, 1.165) is 36.7 Å². The molecule has 0 spiro atoms. The van der Waals surface area contributed by atoms with E-state index in [1.807, 2.05) is 25.4 Å². The maximum Gasteiger partial charge on any atom is 0.160 e. The Morgan fingerprint density at radius 3 is 2.52 bits per heavy atom. The monoisotopic (exact) mass is 317 g/mol. The van der Waals surface area contributed by atoms with Gasteiger partial charge < -0.3 is 19.4 Å². The summed E-state index contributed by atoms with van der Waals surface area (Å²) in [5.41, 5.74) is 3.57. The minimum atomic E-state index is 0.391. The lowest BCUT2D eigenvalue weighted by Crippen LogP contribution is -2.32. The zero-order chi connectivity index (χ0) is 16.8. The Bertz CT molecular complexity index is 637. The summed E-state index contributed by atoms with van der Waals surface area (Å²) in [6, 6.07) is 6.46. The molecular weight excluding hydrogens is 290 g/mol. The summed E-state index contributed by atoms with van der Waals surface area (Å²) in [6.07, 6.45) is 2.86. The summed E-state index contributed by atoms with van der Waals surface area (Å²) < 4.78 is 12.8. The van der Waals surface area contributed by atoms with Crippen molar-refractivity contribution in [2.45, 2.75) is 39.8 Å². The smallest absolute Gasteiger partial charge is 0.160 e. The molecule has 0 saturated carbocycles. The van der Waals surface area contributed by atoms with Crippen LogP contribution in [-0.2, 0) is 13.0 Å². The molecule has 1 heterocycles. The van der Waals surface area contributed by atoms with Gasteiger partial charge in [0.05, 0.1) is 26.2 Å². The summed E-state index contributed by atoms with van der Waals surface area (Å²) in [5, 5.41) is 3.56. The molecule has 0 fully saturated rings. The summed E-state index contributed by atoms with van der Waals surface area (Å²) >= 11 is 0. The normalized spacial score (nSPS) is 12.2. The van der Waals surface area contributed by atoms with Gasteiger partial charge in [-0.1, -0.05) is 6.07 Å². The highest BCUT2D eigenvalue weighted by Gasteiger charge is 2.08. The van der Waals surface area contributed by atoms with Crippen LogP contribution in [0.25, 0.3) is 0 Å². The van der Waals surface area contributed by atoms with Gasteiger partial charge in [0.1, 0.15) is 0 Å². The van der Waals surface area contributed by atoms with Gasteiger partial charge in [-0.15, -0.1) is 0 Å². The summed E-state index contributed by atoms with van der Waals surface area (Å²) in [4.78, 5) is 4.34.